The van der Waals surface area contributed by atoms with Gasteiger partial charge in [0.05, 0.1) is 6.61 Å². The largest absolute Gasteiger partial charge is 0.573 e. The highest BCUT2D eigenvalue weighted by Gasteiger charge is 2.31. The minimum atomic E-state index is -4.73. The number of carbonyl (C=O) groups is 1. The van der Waals surface area contributed by atoms with Crippen LogP contribution in [0.3, 0.4) is 0 Å². The van der Waals surface area contributed by atoms with Crippen molar-refractivity contribution >= 4 is 5.91 Å². The molecule has 0 unspecified atom stereocenters. The lowest BCUT2D eigenvalue weighted by Crippen LogP contribution is -2.35. The third-order valence-electron chi connectivity index (χ3n) is 2.56. The second-order valence-corrected chi connectivity index (χ2v) is 4.02. The first-order valence-electron chi connectivity index (χ1n) is 5.76. The number of benzene rings is 1. The molecular formula is C12H12F3NO3. The van der Waals surface area contributed by atoms with E-state index in [0.717, 1.165) is 25.0 Å². The van der Waals surface area contributed by atoms with Gasteiger partial charge in [-0.25, -0.2) is 5.06 Å². The van der Waals surface area contributed by atoms with Gasteiger partial charge < -0.3 is 4.74 Å². The zero-order valence-electron chi connectivity index (χ0n) is 9.94. The molecule has 104 valence electrons. The molecule has 1 heterocycles. The zero-order chi connectivity index (χ0) is 13.9. The third kappa shape index (κ3) is 3.85. The molecule has 1 saturated heterocycles. The summed E-state index contributed by atoms with van der Waals surface area (Å²) in [6, 6.07) is 4.76. The first kappa shape index (κ1) is 13.7. The van der Waals surface area contributed by atoms with Gasteiger partial charge in [-0.05, 0) is 37.1 Å². The number of carbonyl (C=O) groups excluding carboxylic acids is 1. The molecule has 1 amide bonds. The molecule has 4 nitrogen and oxygen atoms in total. The molecule has 0 bridgehead atoms. The van der Waals surface area contributed by atoms with Crippen molar-refractivity contribution in [3.63, 3.8) is 0 Å². The molecule has 1 aliphatic heterocycles. The lowest BCUT2D eigenvalue weighted by atomic mass is 10.2. The maximum atomic E-state index is 12.0. The van der Waals surface area contributed by atoms with E-state index in [2.05, 4.69) is 4.74 Å². The summed E-state index contributed by atoms with van der Waals surface area (Å²) < 4.78 is 39.6. The molecular weight excluding hydrogens is 263 g/mol. The third-order valence-corrected chi connectivity index (χ3v) is 2.56. The number of alkyl halides is 3. The molecule has 19 heavy (non-hydrogen) atoms. The molecule has 1 aromatic rings. The van der Waals surface area contributed by atoms with Crippen LogP contribution in [0.2, 0.25) is 0 Å². The highest BCUT2D eigenvalue weighted by atomic mass is 19.4. The summed E-state index contributed by atoms with van der Waals surface area (Å²) in [6.45, 7) is 0.959. The van der Waals surface area contributed by atoms with Crippen LogP contribution in [0, 0.1) is 0 Å². The number of rotatable bonds is 2. The maximum Gasteiger partial charge on any atom is 0.573 e. The molecule has 0 atom stereocenters. The Morgan fingerprint density at radius 2 is 1.89 bits per heavy atom. The Bertz CT molecular complexity index is 439. The second kappa shape index (κ2) is 5.48. The van der Waals surface area contributed by atoms with Gasteiger partial charge in [-0.15, -0.1) is 13.2 Å². The second-order valence-electron chi connectivity index (χ2n) is 4.02. The summed E-state index contributed by atoms with van der Waals surface area (Å²) >= 11 is 0. The Kier molecular flexibility index (Phi) is 3.94. The van der Waals surface area contributed by atoms with E-state index in [4.69, 9.17) is 4.84 Å². The number of nitrogens with zero attached hydrogens (tertiary/aromatic N) is 1. The molecule has 0 saturated carbocycles. The Morgan fingerprint density at radius 3 is 2.42 bits per heavy atom. The maximum absolute atomic E-state index is 12.0. The summed E-state index contributed by atoms with van der Waals surface area (Å²) in [6.07, 6.45) is -3.00. The van der Waals surface area contributed by atoms with Gasteiger partial charge in [0.1, 0.15) is 5.75 Å². The average Bonchev–Trinajstić information content (AvgIpc) is 2.38. The first-order valence-corrected chi connectivity index (χ1v) is 5.76. The number of halogens is 3. The van der Waals surface area contributed by atoms with Crippen LogP contribution in [0.4, 0.5) is 13.2 Å². The van der Waals surface area contributed by atoms with E-state index in [1.807, 2.05) is 0 Å². The summed E-state index contributed by atoms with van der Waals surface area (Å²) in [7, 11) is 0. The van der Waals surface area contributed by atoms with Crippen molar-refractivity contribution in [2.45, 2.75) is 19.2 Å². The van der Waals surface area contributed by atoms with Crippen LogP contribution in [0.15, 0.2) is 24.3 Å². The molecule has 0 radical (unpaired) electrons. The van der Waals surface area contributed by atoms with Crippen molar-refractivity contribution in [1.82, 2.24) is 5.06 Å². The molecule has 0 N–H and O–H groups in total. The van der Waals surface area contributed by atoms with Gasteiger partial charge in [0.2, 0.25) is 0 Å². The topological polar surface area (TPSA) is 38.8 Å². The predicted octanol–water partition coefficient (Wildman–Crippen LogP) is 2.75. The number of amides is 1. The molecule has 1 aromatic carbocycles. The van der Waals surface area contributed by atoms with Crippen molar-refractivity contribution in [2.24, 2.45) is 0 Å². The Labute approximate surface area is 107 Å². The number of ether oxygens (including phenoxy) is 1. The van der Waals surface area contributed by atoms with Crippen LogP contribution in [-0.2, 0) is 4.84 Å². The molecule has 0 aromatic heterocycles. The monoisotopic (exact) mass is 275 g/mol. The summed E-state index contributed by atoms with van der Waals surface area (Å²) in [5, 5.41) is 1.23. The standard InChI is InChI=1S/C12H12F3NO3/c13-12(14,15)19-10-5-3-9(4-6-10)11(17)16-7-1-2-8-18-16/h3-6H,1-2,7-8H2. The van der Waals surface area contributed by atoms with Gasteiger partial charge in [0, 0.05) is 12.1 Å². The smallest absolute Gasteiger partial charge is 0.406 e. The quantitative estimate of drug-likeness (QED) is 0.833. The van der Waals surface area contributed by atoms with Gasteiger partial charge >= 0.3 is 6.36 Å². The molecule has 0 aliphatic carbocycles. The molecule has 1 fully saturated rings. The highest BCUT2D eigenvalue weighted by Crippen LogP contribution is 2.23. The summed E-state index contributed by atoms with van der Waals surface area (Å²) in [5.74, 6) is -0.720. The van der Waals surface area contributed by atoms with E-state index >= 15 is 0 Å². The first-order chi connectivity index (χ1) is 8.96. The Balaban J connectivity index is 2.03. The van der Waals surface area contributed by atoms with Crippen LogP contribution < -0.4 is 4.74 Å². The van der Waals surface area contributed by atoms with E-state index in [0.29, 0.717) is 13.2 Å². The molecule has 7 heteroatoms. The van der Waals surface area contributed by atoms with Crippen molar-refractivity contribution in [1.29, 1.82) is 0 Å². The number of hydroxylamine groups is 2. The van der Waals surface area contributed by atoms with E-state index in [1.54, 1.807) is 0 Å². The Hall–Kier alpha value is -1.76. The molecule has 0 spiro atoms. The van der Waals surface area contributed by atoms with Gasteiger partial charge in [0.15, 0.2) is 0 Å². The van der Waals surface area contributed by atoms with Gasteiger partial charge in [-0.1, -0.05) is 0 Å². The summed E-state index contributed by atoms with van der Waals surface area (Å²) in [4.78, 5) is 17.1. The predicted molar refractivity (Wildman–Crippen MR) is 59.3 cm³/mol. The fraction of sp³-hybridized carbons (Fsp3) is 0.417. The van der Waals surface area contributed by atoms with Crippen LogP contribution in [-0.4, -0.2) is 30.5 Å². The van der Waals surface area contributed by atoms with Gasteiger partial charge in [-0.2, -0.15) is 0 Å². The van der Waals surface area contributed by atoms with Crippen LogP contribution in [0.1, 0.15) is 23.2 Å². The van der Waals surface area contributed by atoms with Crippen LogP contribution in [0.25, 0.3) is 0 Å². The minimum Gasteiger partial charge on any atom is -0.406 e. The molecule has 1 aliphatic rings. The van der Waals surface area contributed by atoms with Crippen LogP contribution in [0.5, 0.6) is 5.75 Å². The van der Waals surface area contributed by atoms with Crippen molar-refractivity contribution < 1.29 is 27.5 Å². The van der Waals surface area contributed by atoms with Crippen molar-refractivity contribution in [3.05, 3.63) is 29.8 Å². The van der Waals surface area contributed by atoms with E-state index in [9.17, 15) is 18.0 Å². The van der Waals surface area contributed by atoms with Gasteiger partial charge in [0.25, 0.3) is 5.91 Å². The average molecular weight is 275 g/mol. The number of hydrogen-bond donors (Lipinski definition) is 0. The fourth-order valence-corrected chi connectivity index (χ4v) is 1.70. The fourth-order valence-electron chi connectivity index (χ4n) is 1.70. The van der Waals surface area contributed by atoms with E-state index in [1.165, 1.54) is 17.2 Å². The number of hydrogen-bond acceptors (Lipinski definition) is 3. The van der Waals surface area contributed by atoms with Gasteiger partial charge in [-0.3, -0.25) is 9.63 Å². The zero-order valence-corrected chi connectivity index (χ0v) is 9.94. The SMILES string of the molecule is O=C(c1ccc(OC(F)(F)F)cc1)N1CCCCO1. The molecule has 2 rings (SSSR count). The normalized spacial score (nSPS) is 16.3. The van der Waals surface area contributed by atoms with E-state index < -0.39 is 6.36 Å². The Morgan fingerprint density at radius 1 is 1.21 bits per heavy atom. The van der Waals surface area contributed by atoms with Crippen molar-refractivity contribution in [2.75, 3.05) is 13.2 Å². The minimum absolute atomic E-state index is 0.261. The van der Waals surface area contributed by atoms with Crippen LogP contribution >= 0.6 is 0 Å². The summed E-state index contributed by atoms with van der Waals surface area (Å²) in [5.41, 5.74) is 0.261. The highest BCUT2D eigenvalue weighted by molar-refractivity contribution is 5.93. The lowest BCUT2D eigenvalue weighted by Gasteiger charge is -2.25. The van der Waals surface area contributed by atoms with Crippen molar-refractivity contribution in [3.8, 4) is 5.75 Å². The lowest BCUT2D eigenvalue weighted by molar-refractivity contribution is -0.274. The van der Waals surface area contributed by atoms with E-state index in [-0.39, 0.29) is 17.2 Å².